The van der Waals surface area contributed by atoms with E-state index in [0.29, 0.717) is 6.54 Å². The van der Waals surface area contributed by atoms with Crippen molar-refractivity contribution in [1.29, 1.82) is 0 Å². The van der Waals surface area contributed by atoms with Gasteiger partial charge >= 0.3 is 0 Å². The Morgan fingerprint density at radius 2 is 2.24 bits per heavy atom. The predicted octanol–water partition coefficient (Wildman–Crippen LogP) is 3.08. The van der Waals surface area contributed by atoms with Crippen molar-refractivity contribution in [3.63, 3.8) is 0 Å². The zero-order valence-electron chi connectivity index (χ0n) is 11.1. The Hall–Kier alpha value is -1.02. The minimum Gasteiger partial charge on any atom is -0.371 e. The molecule has 17 heavy (non-hydrogen) atoms. The molecule has 0 saturated carbocycles. The number of benzene rings is 1. The normalized spacial score (nSPS) is 20.6. The molecule has 1 aliphatic rings. The van der Waals surface area contributed by atoms with Gasteiger partial charge in [-0.2, -0.15) is 0 Å². The Morgan fingerprint density at radius 3 is 2.94 bits per heavy atom. The molecule has 0 amide bonds. The fraction of sp³-hybridized carbons (Fsp3) is 0.600. The molecule has 2 rings (SSSR count). The predicted molar refractivity (Wildman–Crippen MR) is 74.3 cm³/mol. The van der Waals surface area contributed by atoms with Crippen LogP contribution in [0.3, 0.4) is 0 Å². The number of nitrogens with zero attached hydrogens (tertiary/aromatic N) is 1. The summed E-state index contributed by atoms with van der Waals surface area (Å²) in [7, 11) is 0. The summed E-state index contributed by atoms with van der Waals surface area (Å²) in [4.78, 5) is 2.55. The molecule has 1 atom stereocenters. The fourth-order valence-electron chi connectivity index (χ4n) is 2.94. The van der Waals surface area contributed by atoms with Crippen LogP contribution in [0, 0.1) is 12.8 Å². The van der Waals surface area contributed by atoms with Crippen LogP contribution in [0.25, 0.3) is 0 Å². The highest BCUT2D eigenvalue weighted by molar-refractivity contribution is 5.59. The molecule has 1 aliphatic heterocycles. The highest BCUT2D eigenvalue weighted by atomic mass is 15.1. The lowest BCUT2D eigenvalue weighted by molar-refractivity contribution is 0.404. The number of piperidine rings is 1. The average Bonchev–Trinajstić information content (AvgIpc) is 2.38. The van der Waals surface area contributed by atoms with Crippen LogP contribution in [-0.2, 0) is 6.54 Å². The van der Waals surface area contributed by atoms with E-state index in [2.05, 4.69) is 36.9 Å². The Bertz CT molecular complexity index is 373. The molecule has 0 radical (unpaired) electrons. The first-order valence-electron chi connectivity index (χ1n) is 6.79. The maximum Gasteiger partial charge on any atom is 0.0441 e. The number of para-hydroxylation sites is 1. The zero-order chi connectivity index (χ0) is 12.3. The molecule has 2 nitrogen and oxygen atoms in total. The third-order valence-corrected chi connectivity index (χ3v) is 3.95. The summed E-state index contributed by atoms with van der Waals surface area (Å²) in [6.07, 6.45) is 3.99. The standard InChI is InChI=1S/C15H24N2/c1-3-13-7-5-9-17(11-13)15-12(2)6-4-8-14(15)10-16/h4,6,8,13H,3,5,7,9-11,16H2,1-2H3. The van der Waals surface area contributed by atoms with E-state index < -0.39 is 0 Å². The van der Waals surface area contributed by atoms with Gasteiger partial charge < -0.3 is 10.6 Å². The lowest BCUT2D eigenvalue weighted by Gasteiger charge is -2.36. The van der Waals surface area contributed by atoms with Crippen molar-refractivity contribution in [2.45, 2.75) is 39.7 Å². The van der Waals surface area contributed by atoms with Gasteiger partial charge in [0.15, 0.2) is 0 Å². The summed E-state index contributed by atoms with van der Waals surface area (Å²) < 4.78 is 0. The van der Waals surface area contributed by atoms with Crippen LogP contribution in [0.4, 0.5) is 5.69 Å². The number of aryl methyl sites for hydroxylation is 1. The zero-order valence-corrected chi connectivity index (χ0v) is 11.1. The Balaban J connectivity index is 2.26. The van der Waals surface area contributed by atoms with E-state index in [1.54, 1.807) is 0 Å². The van der Waals surface area contributed by atoms with Crippen LogP contribution in [0.15, 0.2) is 18.2 Å². The molecule has 0 spiro atoms. The largest absolute Gasteiger partial charge is 0.371 e. The monoisotopic (exact) mass is 232 g/mol. The van der Waals surface area contributed by atoms with Gasteiger partial charge in [-0.1, -0.05) is 31.5 Å². The van der Waals surface area contributed by atoms with Gasteiger partial charge in [0.05, 0.1) is 0 Å². The van der Waals surface area contributed by atoms with E-state index >= 15 is 0 Å². The Labute approximate surface area is 105 Å². The maximum atomic E-state index is 5.87. The second-order valence-corrected chi connectivity index (χ2v) is 5.15. The van der Waals surface area contributed by atoms with Crippen molar-refractivity contribution in [1.82, 2.24) is 0 Å². The van der Waals surface area contributed by atoms with Gasteiger partial charge in [0.2, 0.25) is 0 Å². The third kappa shape index (κ3) is 2.63. The molecular formula is C15H24N2. The maximum absolute atomic E-state index is 5.87. The molecule has 1 unspecified atom stereocenters. The summed E-state index contributed by atoms with van der Waals surface area (Å²) in [5, 5.41) is 0. The van der Waals surface area contributed by atoms with Gasteiger partial charge in [-0.05, 0) is 36.8 Å². The topological polar surface area (TPSA) is 29.3 Å². The van der Waals surface area contributed by atoms with E-state index in [9.17, 15) is 0 Å². The highest BCUT2D eigenvalue weighted by Crippen LogP contribution is 2.30. The van der Waals surface area contributed by atoms with E-state index in [-0.39, 0.29) is 0 Å². The number of rotatable bonds is 3. The van der Waals surface area contributed by atoms with Crippen molar-refractivity contribution in [3.05, 3.63) is 29.3 Å². The number of anilines is 1. The smallest absolute Gasteiger partial charge is 0.0441 e. The van der Waals surface area contributed by atoms with E-state index in [1.807, 2.05) is 0 Å². The van der Waals surface area contributed by atoms with Crippen molar-refractivity contribution < 1.29 is 0 Å². The Kier molecular flexibility index (Phi) is 4.06. The van der Waals surface area contributed by atoms with Crippen molar-refractivity contribution in [3.8, 4) is 0 Å². The van der Waals surface area contributed by atoms with Gasteiger partial charge in [-0.15, -0.1) is 0 Å². The molecule has 0 aliphatic carbocycles. The summed E-state index contributed by atoms with van der Waals surface area (Å²) in [5.41, 5.74) is 9.92. The van der Waals surface area contributed by atoms with Crippen molar-refractivity contribution in [2.75, 3.05) is 18.0 Å². The van der Waals surface area contributed by atoms with E-state index in [0.717, 1.165) is 5.92 Å². The molecule has 0 bridgehead atoms. The van der Waals surface area contributed by atoms with Gasteiger partial charge in [0.1, 0.15) is 0 Å². The molecule has 1 aromatic rings. The fourth-order valence-corrected chi connectivity index (χ4v) is 2.94. The van der Waals surface area contributed by atoms with Gasteiger partial charge in [0, 0.05) is 25.3 Å². The first-order chi connectivity index (χ1) is 8.26. The summed E-state index contributed by atoms with van der Waals surface area (Å²) in [6.45, 7) is 7.53. The van der Waals surface area contributed by atoms with Crippen LogP contribution >= 0.6 is 0 Å². The van der Waals surface area contributed by atoms with Gasteiger partial charge in [-0.3, -0.25) is 0 Å². The van der Waals surface area contributed by atoms with E-state index in [1.165, 1.54) is 49.2 Å². The summed E-state index contributed by atoms with van der Waals surface area (Å²) in [6, 6.07) is 6.48. The molecular weight excluding hydrogens is 208 g/mol. The first-order valence-corrected chi connectivity index (χ1v) is 6.79. The highest BCUT2D eigenvalue weighted by Gasteiger charge is 2.21. The molecule has 1 saturated heterocycles. The molecule has 2 heteroatoms. The average molecular weight is 232 g/mol. The van der Waals surface area contributed by atoms with E-state index in [4.69, 9.17) is 5.73 Å². The van der Waals surface area contributed by atoms with Crippen LogP contribution in [-0.4, -0.2) is 13.1 Å². The molecule has 1 heterocycles. The van der Waals surface area contributed by atoms with Crippen molar-refractivity contribution in [2.24, 2.45) is 11.7 Å². The number of hydrogen-bond donors (Lipinski definition) is 1. The van der Waals surface area contributed by atoms with Crippen LogP contribution in [0.1, 0.15) is 37.3 Å². The minimum absolute atomic E-state index is 0.643. The summed E-state index contributed by atoms with van der Waals surface area (Å²) >= 11 is 0. The SMILES string of the molecule is CCC1CCCN(c2c(C)cccc2CN)C1. The van der Waals surface area contributed by atoms with Gasteiger partial charge in [-0.25, -0.2) is 0 Å². The van der Waals surface area contributed by atoms with Crippen LogP contribution in [0.2, 0.25) is 0 Å². The second-order valence-electron chi connectivity index (χ2n) is 5.15. The van der Waals surface area contributed by atoms with Gasteiger partial charge in [0.25, 0.3) is 0 Å². The lowest BCUT2D eigenvalue weighted by Crippen LogP contribution is -2.36. The summed E-state index contributed by atoms with van der Waals surface area (Å²) in [5.74, 6) is 0.856. The van der Waals surface area contributed by atoms with Crippen molar-refractivity contribution >= 4 is 5.69 Å². The second kappa shape index (κ2) is 5.54. The molecule has 1 fully saturated rings. The molecule has 0 aromatic heterocycles. The Morgan fingerprint density at radius 1 is 1.41 bits per heavy atom. The quantitative estimate of drug-likeness (QED) is 0.867. The molecule has 94 valence electrons. The molecule has 1 aromatic carbocycles. The third-order valence-electron chi connectivity index (χ3n) is 3.95. The lowest BCUT2D eigenvalue weighted by atomic mass is 9.94. The number of nitrogens with two attached hydrogens (primary N) is 1. The van der Waals surface area contributed by atoms with Crippen LogP contribution < -0.4 is 10.6 Å². The molecule has 2 N–H and O–H groups in total. The van der Waals surface area contributed by atoms with Crippen LogP contribution in [0.5, 0.6) is 0 Å². The first kappa shape index (κ1) is 12.4. The number of hydrogen-bond acceptors (Lipinski definition) is 2. The minimum atomic E-state index is 0.643.